The van der Waals surface area contributed by atoms with Gasteiger partial charge in [0.15, 0.2) is 0 Å². The molecule has 0 aromatic heterocycles. The van der Waals surface area contributed by atoms with Gasteiger partial charge in [0.25, 0.3) is 0 Å². The molecule has 1 atom stereocenters. The van der Waals surface area contributed by atoms with E-state index in [2.05, 4.69) is 32.9 Å². The maximum atomic E-state index is 11.1. The summed E-state index contributed by atoms with van der Waals surface area (Å²) in [5.41, 5.74) is 13.1. The van der Waals surface area contributed by atoms with Crippen LogP contribution in [0, 0.1) is 0 Å². The Hall–Kier alpha value is -2.08. The number of nitrogens with two attached hydrogens (primary N) is 2. The second-order valence-corrected chi connectivity index (χ2v) is 6.00. The second kappa shape index (κ2) is 7.08. The van der Waals surface area contributed by atoms with Gasteiger partial charge in [-0.3, -0.25) is 0 Å². The highest BCUT2D eigenvalue weighted by atomic mass is 16.5. The Kier molecular flexibility index (Phi) is 5.72. The van der Waals surface area contributed by atoms with Gasteiger partial charge in [-0.1, -0.05) is 45.0 Å². The minimum atomic E-state index is -0.952. The summed E-state index contributed by atoms with van der Waals surface area (Å²) in [5.74, 6) is 0. The van der Waals surface area contributed by atoms with Crippen molar-refractivity contribution in [3.8, 4) is 0 Å². The summed E-state index contributed by atoms with van der Waals surface area (Å²) in [6, 6.07) is 6.88. The Morgan fingerprint density at radius 3 is 2.29 bits per heavy atom. The highest BCUT2D eigenvalue weighted by molar-refractivity contribution is 5.89. The molecule has 1 aromatic rings. The minimum absolute atomic E-state index is 0.0140. The van der Waals surface area contributed by atoms with Crippen molar-refractivity contribution in [1.82, 2.24) is 5.32 Å². The highest BCUT2D eigenvalue weighted by Gasteiger charge is 2.14. The number of nitrogens with one attached hydrogen (secondary N) is 1. The van der Waals surface area contributed by atoms with Crippen LogP contribution in [0.4, 0.5) is 9.59 Å². The number of ether oxygens (including phenoxy) is 1. The van der Waals surface area contributed by atoms with Gasteiger partial charge in [-0.05, 0) is 23.0 Å². The lowest BCUT2D eigenvalue weighted by molar-refractivity contribution is 0.140. The molecule has 5 N–H and O–H groups in total. The molecule has 0 aliphatic carbocycles. The van der Waals surface area contributed by atoms with Crippen LogP contribution in [0.5, 0.6) is 0 Å². The Labute approximate surface area is 124 Å². The van der Waals surface area contributed by atoms with E-state index >= 15 is 0 Å². The molecule has 3 amide bonds. The number of alkyl carbamates (subject to hydrolysis) is 1. The topological polar surface area (TPSA) is 107 Å². The van der Waals surface area contributed by atoms with Crippen LogP contribution in [0.3, 0.4) is 0 Å². The lowest BCUT2D eigenvalue weighted by Crippen LogP contribution is -2.38. The lowest BCUT2D eigenvalue weighted by atomic mass is 9.86. The zero-order valence-electron chi connectivity index (χ0n) is 12.7. The molecular formula is C15H23N3O3. The van der Waals surface area contributed by atoms with Gasteiger partial charge in [0.05, 0.1) is 0 Å². The molecule has 0 heterocycles. The van der Waals surface area contributed by atoms with E-state index in [0.717, 1.165) is 5.56 Å². The third-order valence-corrected chi connectivity index (χ3v) is 2.97. The molecule has 0 bridgehead atoms. The number of carbonyl (C=O) groups excluding carboxylic acids is 2. The largest absolute Gasteiger partial charge is 0.448 e. The number of amides is 3. The maximum Gasteiger partial charge on any atom is 0.415 e. The summed E-state index contributed by atoms with van der Waals surface area (Å²) in [6.07, 6.45) is -0.310. The van der Waals surface area contributed by atoms with E-state index in [1.807, 2.05) is 17.4 Å². The fourth-order valence-corrected chi connectivity index (χ4v) is 1.82. The Bertz CT molecular complexity index is 492. The predicted molar refractivity (Wildman–Crippen MR) is 80.9 cm³/mol. The van der Waals surface area contributed by atoms with Crippen LogP contribution in [0.1, 0.15) is 31.9 Å². The van der Waals surface area contributed by atoms with E-state index in [4.69, 9.17) is 16.2 Å². The lowest BCUT2D eigenvalue weighted by Gasteiger charge is -2.19. The van der Waals surface area contributed by atoms with Crippen molar-refractivity contribution in [3.63, 3.8) is 0 Å². The van der Waals surface area contributed by atoms with E-state index in [9.17, 15) is 9.59 Å². The number of urea groups is 1. The van der Waals surface area contributed by atoms with Crippen LogP contribution in [0.25, 0.3) is 0 Å². The van der Waals surface area contributed by atoms with Gasteiger partial charge in [-0.2, -0.15) is 0 Å². The molecular weight excluding hydrogens is 270 g/mol. The second-order valence-electron chi connectivity index (χ2n) is 6.00. The summed E-state index contributed by atoms with van der Waals surface area (Å²) in [7, 11) is 0. The molecule has 0 aliphatic heterocycles. The van der Waals surface area contributed by atoms with Crippen molar-refractivity contribution >= 4 is 12.1 Å². The summed E-state index contributed by atoms with van der Waals surface area (Å²) in [6.45, 7) is 6.47. The highest BCUT2D eigenvalue weighted by Crippen LogP contribution is 2.22. The van der Waals surface area contributed by atoms with Gasteiger partial charge in [0.1, 0.15) is 6.61 Å². The normalized spacial score (nSPS) is 12.6. The first kappa shape index (κ1) is 17.0. The van der Waals surface area contributed by atoms with Gasteiger partial charge >= 0.3 is 12.1 Å². The number of hydrogen-bond acceptors (Lipinski definition) is 4. The first-order valence-electron chi connectivity index (χ1n) is 6.76. The van der Waals surface area contributed by atoms with Crippen LogP contribution in [-0.2, 0) is 16.6 Å². The monoisotopic (exact) mass is 293 g/mol. The third kappa shape index (κ3) is 6.27. The number of hydrogen-bond donors (Lipinski definition) is 3. The van der Waals surface area contributed by atoms with E-state index in [1.54, 1.807) is 0 Å². The van der Waals surface area contributed by atoms with Crippen LogP contribution >= 0.6 is 0 Å². The van der Waals surface area contributed by atoms with Crippen LogP contribution in [-0.4, -0.2) is 24.8 Å². The van der Waals surface area contributed by atoms with Crippen LogP contribution < -0.4 is 16.8 Å². The number of carbonyl (C=O) groups is 2. The quantitative estimate of drug-likeness (QED) is 0.784. The van der Waals surface area contributed by atoms with E-state index < -0.39 is 12.1 Å². The van der Waals surface area contributed by atoms with Crippen molar-refractivity contribution in [2.24, 2.45) is 11.5 Å². The molecule has 0 spiro atoms. The van der Waals surface area contributed by atoms with Crippen molar-refractivity contribution < 1.29 is 14.3 Å². The number of rotatable bonds is 4. The molecule has 6 heteroatoms. The van der Waals surface area contributed by atoms with E-state index in [1.165, 1.54) is 5.56 Å². The molecule has 1 unspecified atom stereocenters. The number of benzene rings is 1. The zero-order chi connectivity index (χ0) is 16.0. The molecule has 0 saturated heterocycles. The molecule has 0 fully saturated rings. The first-order valence-corrected chi connectivity index (χ1v) is 6.76. The summed E-state index contributed by atoms with van der Waals surface area (Å²) < 4.78 is 4.79. The smallest absolute Gasteiger partial charge is 0.415 e. The van der Waals surface area contributed by atoms with Gasteiger partial charge in [-0.15, -0.1) is 0 Å². The average Bonchev–Trinajstić information content (AvgIpc) is 2.35. The Morgan fingerprint density at radius 1 is 1.24 bits per heavy atom. The SMILES string of the molecule is CC(C)(C)c1ccc(CC(N)COC(=O)NC(N)=O)cc1. The summed E-state index contributed by atoms with van der Waals surface area (Å²) >= 11 is 0. The van der Waals surface area contributed by atoms with Gasteiger partial charge < -0.3 is 16.2 Å². The van der Waals surface area contributed by atoms with Crippen molar-refractivity contribution in [2.75, 3.05) is 6.61 Å². The predicted octanol–water partition coefficient (Wildman–Crippen LogP) is 1.66. The standard InChI is InChI=1S/C15H23N3O3/c1-15(2,3)11-6-4-10(5-7-11)8-12(16)9-21-14(20)18-13(17)19/h4-7,12H,8-9,16H2,1-3H3,(H3,17,18,19,20). The number of imide groups is 1. The number of primary amides is 1. The minimum Gasteiger partial charge on any atom is -0.448 e. The zero-order valence-corrected chi connectivity index (χ0v) is 12.7. The molecule has 1 rings (SSSR count). The molecule has 116 valence electrons. The fraction of sp³-hybridized carbons (Fsp3) is 0.467. The third-order valence-electron chi connectivity index (χ3n) is 2.97. The van der Waals surface area contributed by atoms with Gasteiger partial charge in [0.2, 0.25) is 0 Å². The molecule has 21 heavy (non-hydrogen) atoms. The van der Waals surface area contributed by atoms with Gasteiger partial charge in [-0.25, -0.2) is 14.9 Å². The maximum absolute atomic E-state index is 11.1. The molecule has 0 aliphatic rings. The van der Waals surface area contributed by atoms with E-state index in [0.29, 0.717) is 6.42 Å². The summed E-state index contributed by atoms with van der Waals surface area (Å²) in [5, 5.41) is 1.81. The fourth-order valence-electron chi connectivity index (χ4n) is 1.82. The Balaban J connectivity index is 2.46. The van der Waals surface area contributed by atoms with Crippen molar-refractivity contribution in [2.45, 2.75) is 38.6 Å². The van der Waals surface area contributed by atoms with Crippen molar-refractivity contribution in [3.05, 3.63) is 35.4 Å². The molecule has 0 saturated carbocycles. The molecule has 6 nitrogen and oxygen atoms in total. The average molecular weight is 293 g/mol. The van der Waals surface area contributed by atoms with Crippen LogP contribution in [0.2, 0.25) is 0 Å². The van der Waals surface area contributed by atoms with Crippen molar-refractivity contribution in [1.29, 1.82) is 0 Å². The Morgan fingerprint density at radius 2 is 1.81 bits per heavy atom. The van der Waals surface area contributed by atoms with Crippen LogP contribution in [0.15, 0.2) is 24.3 Å². The van der Waals surface area contributed by atoms with E-state index in [-0.39, 0.29) is 18.1 Å². The first-order chi connectivity index (χ1) is 9.68. The molecule has 1 aromatic carbocycles. The molecule has 0 radical (unpaired) electrons. The summed E-state index contributed by atoms with van der Waals surface area (Å²) in [4.78, 5) is 21.5. The van der Waals surface area contributed by atoms with Gasteiger partial charge in [0, 0.05) is 6.04 Å².